The molecule has 0 saturated carbocycles. The number of methoxy groups -OCH3 is 1. The van der Waals surface area contributed by atoms with E-state index in [4.69, 9.17) is 16.3 Å². The van der Waals surface area contributed by atoms with Crippen molar-refractivity contribution in [2.45, 2.75) is 12.5 Å². The highest BCUT2D eigenvalue weighted by atomic mass is 35.5. The number of carbonyl (C=O) groups excluding carboxylic acids is 1. The molecule has 3 aromatic rings. The number of aromatic amines is 1. The molecule has 1 atom stereocenters. The predicted octanol–water partition coefficient (Wildman–Crippen LogP) is 4.02. The van der Waals surface area contributed by atoms with Gasteiger partial charge in [0.25, 0.3) is 0 Å². The Morgan fingerprint density at radius 3 is 2.79 bits per heavy atom. The maximum Gasteiger partial charge on any atom is 0.330 e. The SMILES string of the molecule is COC(=O)[C@@H](Cc1c[nH]c2ccccc12)N=Cc1ccccc1Cl. The number of carbonyl (C=O) groups is 1. The number of rotatable bonds is 5. The fraction of sp³-hybridized carbons (Fsp3) is 0.158. The van der Waals surface area contributed by atoms with Gasteiger partial charge in [-0.05, 0) is 17.7 Å². The van der Waals surface area contributed by atoms with E-state index in [1.54, 1.807) is 12.3 Å². The quantitative estimate of drug-likeness (QED) is 0.563. The molecular weight excluding hydrogens is 324 g/mol. The summed E-state index contributed by atoms with van der Waals surface area (Å²) in [5, 5.41) is 1.68. The monoisotopic (exact) mass is 340 g/mol. The Hall–Kier alpha value is -2.59. The van der Waals surface area contributed by atoms with Gasteiger partial charge in [-0.15, -0.1) is 0 Å². The van der Waals surface area contributed by atoms with E-state index in [0.717, 1.165) is 22.0 Å². The molecule has 0 amide bonds. The van der Waals surface area contributed by atoms with Gasteiger partial charge in [-0.25, -0.2) is 4.79 Å². The molecule has 0 unspecified atom stereocenters. The largest absolute Gasteiger partial charge is 0.467 e. The number of aromatic nitrogens is 1. The Balaban J connectivity index is 1.87. The van der Waals surface area contributed by atoms with Crippen molar-refractivity contribution in [3.63, 3.8) is 0 Å². The van der Waals surface area contributed by atoms with Gasteiger partial charge in [0.05, 0.1) is 7.11 Å². The molecule has 0 bridgehead atoms. The summed E-state index contributed by atoms with van der Waals surface area (Å²) in [5.41, 5.74) is 2.83. The zero-order valence-corrected chi connectivity index (χ0v) is 14.0. The molecule has 0 radical (unpaired) electrons. The van der Waals surface area contributed by atoms with Crippen LogP contribution in [0.3, 0.4) is 0 Å². The molecule has 2 aromatic carbocycles. The molecule has 3 rings (SSSR count). The Kier molecular flexibility index (Phi) is 4.96. The van der Waals surface area contributed by atoms with E-state index >= 15 is 0 Å². The standard InChI is InChI=1S/C19H17ClN2O2/c1-24-19(23)18(22-11-13-6-2-4-8-16(13)20)10-14-12-21-17-9-5-3-7-15(14)17/h2-9,11-12,18,21H,10H2,1H3/t18-/m1/s1. The van der Waals surface area contributed by atoms with Gasteiger partial charge in [-0.3, -0.25) is 4.99 Å². The molecule has 5 heteroatoms. The lowest BCUT2D eigenvalue weighted by molar-refractivity contribution is -0.142. The number of nitrogens with one attached hydrogen (secondary N) is 1. The van der Waals surface area contributed by atoms with Crippen molar-refractivity contribution in [2.24, 2.45) is 4.99 Å². The maximum absolute atomic E-state index is 12.1. The number of aliphatic imine (C=N–C) groups is 1. The number of hydrogen-bond donors (Lipinski definition) is 1. The fourth-order valence-corrected chi connectivity index (χ4v) is 2.78. The first-order chi connectivity index (χ1) is 11.7. The molecule has 0 fully saturated rings. The van der Waals surface area contributed by atoms with Crippen LogP contribution in [0.2, 0.25) is 5.02 Å². The number of H-pyrrole nitrogens is 1. The van der Waals surface area contributed by atoms with E-state index in [9.17, 15) is 4.79 Å². The molecule has 122 valence electrons. The van der Waals surface area contributed by atoms with Crippen LogP contribution in [-0.4, -0.2) is 30.3 Å². The van der Waals surface area contributed by atoms with Gasteiger partial charge in [0.1, 0.15) is 0 Å². The number of halogens is 1. The lowest BCUT2D eigenvalue weighted by Crippen LogP contribution is -2.23. The number of para-hydroxylation sites is 1. The second-order valence-corrected chi connectivity index (χ2v) is 5.81. The number of esters is 1. The lowest BCUT2D eigenvalue weighted by atomic mass is 10.1. The van der Waals surface area contributed by atoms with Gasteiger partial charge in [0, 0.05) is 40.3 Å². The van der Waals surface area contributed by atoms with Crippen molar-refractivity contribution in [2.75, 3.05) is 7.11 Å². The first-order valence-electron chi connectivity index (χ1n) is 7.59. The number of benzene rings is 2. The third kappa shape index (κ3) is 3.49. The van der Waals surface area contributed by atoms with Crippen LogP contribution in [0.5, 0.6) is 0 Å². The number of fused-ring (bicyclic) bond motifs is 1. The van der Waals surface area contributed by atoms with Crippen molar-refractivity contribution in [3.8, 4) is 0 Å². The van der Waals surface area contributed by atoms with E-state index in [0.29, 0.717) is 11.4 Å². The second kappa shape index (κ2) is 7.32. The molecular formula is C19H17ClN2O2. The number of ether oxygens (including phenoxy) is 1. The normalized spacial score (nSPS) is 12.6. The van der Waals surface area contributed by atoms with Crippen LogP contribution in [-0.2, 0) is 16.0 Å². The summed E-state index contributed by atoms with van der Waals surface area (Å²) in [6.45, 7) is 0. The van der Waals surface area contributed by atoms with Crippen LogP contribution in [0.25, 0.3) is 10.9 Å². The molecule has 0 saturated heterocycles. The molecule has 0 aliphatic rings. The minimum atomic E-state index is -0.620. The minimum absolute atomic E-state index is 0.372. The fourth-order valence-electron chi connectivity index (χ4n) is 2.59. The summed E-state index contributed by atoms with van der Waals surface area (Å²) < 4.78 is 4.90. The van der Waals surface area contributed by atoms with Crippen LogP contribution in [0.4, 0.5) is 0 Å². The average Bonchev–Trinajstić information content (AvgIpc) is 3.02. The van der Waals surface area contributed by atoms with E-state index < -0.39 is 6.04 Å². The van der Waals surface area contributed by atoms with Crippen LogP contribution in [0.1, 0.15) is 11.1 Å². The molecule has 0 aliphatic carbocycles. The van der Waals surface area contributed by atoms with Crippen molar-refractivity contribution in [3.05, 3.63) is 70.9 Å². The summed E-state index contributed by atoms with van der Waals surface area (Å²) in [6, 6.07) is 14.7. The van der Waals surface area contributed by atoms with Gasteiger partial charge in [0.2, 0.25) is 0 Å². The van der Waals surface area contributed by atoms with E-state index in [-0.39, 0.29) is 5.97 Å². The highest BCUT2D eigenvalue weighted by molar-refractivity contribution is 6.33. The summed E-state index contributed by atoms with van der Waals surface area (Å²) >= 11 is 6.13. The summed E-state index contributed by atoms with van der Waals surface area (Å²) in [7, 11) is 1.37. The third-order valence-corrected chi connectivity index (χ3v) is 4.20. The van der Waals surface area contributed by atoms with Crippen molar-refractivity contribution in [1.82, 2.24) is 4.98 Å². The van der Waals surface area contributed by atoms with Crippen molar-refractivity contribution in [1.29, 1.82) is 0 Å². The van der Waals surface area contributed by atoms with E-state index in [1.165, 1.54) is 7.11 Å². The van der Waals surface area contributed by atoms with E-state index in [2.05, 4.69) is 9.98 Å². The van der Waals surface area contributed by atoms with Crippen molar-refractivity contribution >= 4 is 34.7 Å². The highest BCUT2D eigenvalue weighted by Crippen LogP contribution is 2.20. The topological polar surface area (TPSA) is 54.5 Å². The molecule has 1 aromatic heterocycles. The smallest absolute Gasteiger partial charge is 0.330 e. The number of hydrogen-bond acceptors (Lipinski definition) is 3. The summed E-state index contributed by atoms with van der Waals surface area (Å²) in [5.74, 6) is -0.372. The zero-order valence-electron chi connectivity index (χ0n) is 13.2. The highest BCUT2D eigenvalue weighted by Gasteiger charge is 2.19. The van der Waals surface area contributed by atoms with Crippen LogP contribution in [0.15, 0.2) is 59.7 Å². The molecule has 4 nitrogen and oxygen atoms in total. The Bertz CT molecular complexity index is 886. The summed E-state index contributed by atoms with van der Waals surface area (Å²) in [4.78, 5) is 19.7. The predicted molar refractivity (Wildman–Crippen MR) is 96.9 cm³/mol. The van der Waals surface area contributed by atoms with Gasteiger partial charge >= 0.3 is 5.97 Å². The first-order valence-corrected chi connectivity index (χ1v) is 7.97. The van der Waals surface area contributed by atoms with Crippen LogP contribution >= 0.6 is 11.6 Å². The Morgan fingerprint density at radius 2 is 2.00 bits per heavy atom. The van der Waals surface area contributed by atoms with Crippen LogP contribution in [0, 0.1) is 0 Å². The third-order valence-electron chi connectivity index (χ3n) is 3.86. The number of nitrogens with zero attached hydrogens (tertiary/aromatic N) is 1. The molecule has 1 heterocycles. The maximum atomic E-state index is 12.1. The lowest BCUT2D eigenvalue weighted by Gasteiger charge is -2.10. The minimum Gasteiger partial charge on any atom is -0.467 e. The second-order valence-electron chi connectivity index (χ2n) is 5.40. The van der Waals surface area contributed by atoms with Gasteiger partial charge in [0.15, 0.2) is 6.04 Å². The molecule has 0 spiro atoms. The van der Waals surface area contributed by atoms with Gasteiger partial charge in [-0.1, -0.05) is 48.0 Å². The summed E-state index contributed by atoms with van der Waals surface area (Å²) in [6.07, 6.45) is 3.99. The van der Waals surface area contributed by atoms with Crippen molar-refractivity contribution < 1.29 is 9.53 Å². The molecule has 24 heavy (non-hydrogen) atoms. The average molecular weight is 341 g/mol. The first kappa shape index (κ1) is 16.3. The zero-order chi connectivity index (χ0) is 16.9. The van der Waals surface area contributed by atoms with Gasteiger partial charge < -0.3 is 9.72 Å². The molecule has 0 aliphatic heterocycles. The van der Waals surface area contributed by atoms with Crippen LogP contribution < -0.4 is 0 Å². The van der Waals surface area contributed by atoms with E-state index in [1.807, 2.05) is 48.7 Å². The Labute approximate surface area is 145 Å². The Morgan fingerprint density at radius 1 is 1.25 bits per heavy atom. The molecule has 1 N–H and O–H groups in total. The van der Waals surface area contributed by atoms with Gasteiger partial charge in [-0.2, -0.15) is 0 Å².